The molecule has 18 heavy (non-hydrogen) atoms. The van der Waals surface area contributed by atoms with Gasteiger partial charge in [0.1, 0.15) is 5.60 Å². The Morgan fingerprint density at radius 2 is 1.72 bits per heavy atom. The van der Waals surface area contributed by atoms with Crippen molar-refractivity contribution < 1.29 is 19.4 Å². The number of carboxylic acids is 1. The number of carboxylic acid groups (broad SMARTS) is 1. The first-order chi connectivity index (χ1) is 8.28. The summed E-state index contributed by atoms with van der Waals surface area (Å²) in [5, 5.41) is 9.02. The maximum Gasteiger partial charge on any atom is 0.320 e. The van der Waals surface area contributed by atoms with Crippen molar-refractivity contribution in [2.24, 2.45) is 11.7 Å². The largest absolute Gasteiger partial charge is 0.481 e. The summed E-state index contributed by atoms with van der Waals surface area (Å²) in [6.07, 6.45) is 3.83. The van der Waals surface area contributed by atoms with Crippen LogP contribution in [0.25, 0.3) is 0 Å². The third-order valence-corrected chi connectivity index (χ3v) is 2.44. The lowest BCUT2D eigenvalue weighted by atomic mass is 10.0. The number of aliphatic carboxylic acids is 1. The van der Waals surface area contributed by atoms with Gasteiger partial charge in [-0.1, -0.05) is 19.3 Å². The summed E-state index contributed by atoms with van der Waals surface area (Å²) in [6, 6.07) is 0. The third kappa shape index (κ3) is 8.06. The second-order valence-corrected chi connectivity index (χ2v) is 5.42. The number of esters is 1. The lowest BCUT2D eigenvalue weighted by molar-refractivity contribution is -0.167. The van der Waals surface area contributed by atoms with E-state index in [9.17, 15) is 9.59 Å². The smallest absolute Gasteiger partial charge is 0.320 e. The minimum atomic E-state index is -1.11. The van der Waals surface area contributed by atoms with E-state index in [2.05, 4.69) is 0 Å². The number of nitrogens with two attached hydrogens (primary N) is 1. The van der Waals surface area contributed by atoms with E-state index < -0.39 is 23.5 Å². The van der Waals surface area contributed by atoms with Crippen LogP contribution in [-0.4, -0.2) is 29.2 Å². The fraction of sp³-hybridized carbons (Fsp3) is 0.846. The van der Waals surface area contributed by atoms with E-state index in [1.807, 2.05) is 0 Å². The fourth-order valence-electron chi connectivity index (χ4n) is 1.56. The Morgan fingerprint density at radius 3 is 2.17 bits per heavy atom. The van der Waals surface area contributed by atoms with Gasteiger partial charge in [0, 0.05) is 0 Å². The molecule has 0 amide bonds. The maximum absolute atomic E-state index is 11.7. The number of carbonyl (C=O) groups is 2. The van der Waals surface area contributed by atoms with Gasteiger partial charge in [-0.3, -0.25) is 9.59 Å². The van der Waals surface area contributed by atoms with Crippen LogP contribution < -0.4 is 5.73 Å². The molecule has 5 heteroatoms. The first-order valence-corrected chi connectivity index (χ1v) is 6.43. The highest BCUT2D eigenvalue weighted by Gasteiger charge is 2.30. The van der Waals surface area contributed by atoms with Crippen molar-refractivity contribution in [1.82, 2.24) is 0 Å². The lowest BCUT2D eigenvalue weighted by Gasteiger charge is -2.22. The van der Waals surface area contributed by atoms with Gasteiger partial charge in [-0.25, -0.2) is 0 Å². The van der Waals surface area contributed by atoms with E-state index in [1.54, 1.807) is 20.8 Å². The molecule has 0 aromatic rings. The zero-order chi connectivity index (χ0) is 14.2. The van der Waals surface area contributed by atoms with Gasteiger partial charge in [-0.15, -0.1) is 0 Å². The van der Waals surface area contributed by atoms with Crippen LogP contribution in [0, 0.1) is 5.92 Å². The van der Waals surface area contributed by atoms with Gasteiger partial charge in [-0.2, -0.15) is 0 Å². The molecule has 0 rings (SSSR count). The van der Waals surface area contributed by atoms with Gasteiger partial charge < -0.3 is 15.6 Å². The molecule has 0 aliphatic rings. The Bertz CT molecular complexity index is 271. The van der Waals surface area contributed by atoms with Crippen molar-refractivity contribution in [2.45, 2.75) is 58.5 Å². The second-order valence-electron chi connectivity index (χ2n) is 5.42. The van der Waals surface area contributed by atoms with Crippen LogP contribution >= 0.6 is 0 Å². The molecule has 0 radical (unpaired) electrons. The fourth-order valence-corrected chi connectivity index (χ4v) is 1.56. The van der Waals surface area contributed by atoms with Crippen molar-refractivity contribution in [1.29, 1.82) is 0 Å². The number of rotatable bonds is 8. The predicted molar refractivity (Wildman–Crippen MR) is 69.1 cm³/mol. The number of unbranched alkanes of at least 4 members (excludes halogenated alkanes) is 3. The van der Waals surface area contributed by atoms with Gasteiger partial charge in [0.2, 0.25) is 0 Å². The quantitative estimate of drug-likeness (QED) is 0.395. The molecule has 0 fully saturated rings. The van der Waals surface area contributed by atoms with Gasteiger partial charge >= 0.3 is 11.9 Å². The van der Waals surface area contributed by atoms with E-state index in [-0.39, 0.29) is 0 Å². The van der Waals surface area contributed by atoms with Gasteiger partial charge in [0.25, 0.3) is 0 Å². The monoisotopic (exact) mass is 259 g/mol. The Morgan fingerprint density at radius 1 is 1.17 bits per heavy atom. The number of hydrogen-bond donors (Lipinski definition) is 2. The highest BCUT2D eigenvalue weighted by Crippen LogP contribution is 2.17. The Kier molecular flexibility index (Phi) is 7.59. The maximum atomic E-state index is 11.7. The lowest BCUT2D eigenvalue weighted by Crippen LogP contribution is -2.32. The average Bonchev–Trinajstić information content (AvgIpc) is 2.19. The van der Waals surface area contributed by atoms with E-state index in [0.717, 1.165) is 19.3 Å². The molecule has 0 aromatic heterocycles. The highest BCUT2D eigenvalue weighted by atomic mass is 16.6. The van der Waals surface area contributed by atoms with Crippen LogP contribution in [0.15, 0.2) is 0 Å². The normalized spacial score (nSPS) is 13.1. The van der Waals surface area contributed by atoms with Crippen molar-refractivity contribution in [2.75, 3.05) is 6.54 Å². The van der Waals surface area contributed by atoms with E-state index in [1.165, 1.54) is 0 Å². The summed E-state index contributed by atoms with van der Waals surface area (Å²) in [5.41, 5.74) is 4.72. The molecule has 1 unspecified atom stereocenters. The molecule has 0 aromatic carbocycles. The van der Waals surface area contributed by atoms with Gasteiger partial charge in [-0.05, 0) is 40.2 Å². The summed E-state index contributed by atoms with van der Waals surface area (Å²) >= 11 is 0. The summed E-state index contributed by atoms with van der Waals surface area (Å²) < 4.78 is 5.10. The zero-order valence-electron chi connectivity index (χ0n) is 11.6. The topological polar surface area (TPSA) is 89.6 Å². The average molecular weight is 259 g/mol. The molecule has 0 saturated heterocycles. The highest BCUT2D eigenvalue weighted by molar-refractivity contribution is 5.94. The number of ether oxygens (including phenoxy) is 1. The standard InChI is InChI=1S/C13H25NO4/c1-13(2,3)18-12(17)10(11(15)16)8-6-4-5-7-9-14/h10H,4-9,14H2,1-3H3,(H,15,16). The van der Waals surface area contributed by atoms with Crippen molar-refractivity contribution >= 4 is 11.9 Å². The number of hydrogen-bond acceptors (Lipinski definition) is 4. The Hall–Kier alpha value is -1.10. The summed E-state index contributed by atoms with van der Waals surface area (Å²) in [4.78, 5) is 22.7. The van der Waals surface area contributed by atoms with Crippen molar-refractivity contribution in [3.8, 4) is 0 Å². The molecule has 0 spiro atoms. The minimum absolute atomic E-state index is 0.328. The molecular weight excluding hydrogens is 234 g/mol. The minimum Gasteiger partial charge on any atom is -0.481 e. The van der Waals surface area contributed by atoms with Crippen LogP contribution in [0.2, 0.25) is 0 Å². The third-order valence-electron chi connectivity index (χ3n) is 2.44. The van der Waals surface area contributed by atoms with Gasteiger partial charge in [0.15, 0.2) is 5.92 Å². The molecule has 0 bridgehead atoms. The Labute approximate surface area is 109 Å². The predicted octanol–water partition coefficient (Wildman–Crippen LogP) is 1.94. The van der Waals surface area contributed by atoms with Crippen LogP contribution in [0.5, 0.6) is 0 Å². The molecule has 0 heterocycles. The Balaban J connectivity index is 4.15. The molecule has 0 aliphatic heterocycles. The summed E-state index contributed by atoms with van der Waals surface area (Å²) in [6.45, 7) is 5.83. The van der Waals surface area contributed by atoms with Gasteiger partial charge in [0.05, 0.1) is 0 Å². The molecular formula is C13H25NO4. The second kappa shape index (κ2) is 8.08. The van der Waals surface area contributed by atoms with E-state index in [4.69, 9.17) is 15.6 Å². The molecule has 0 aliphatic carbocycles. The van der Waals surface area contributed by atoms with Crippen LogP contribution in [0.4, 0.5) is 0 Å². The molecule has 5 nitrogen and oxygen atoms in total. The molecule has 106 valence electrons. The van der Waals surface area contributed by atoms with Crippen molar-refractivity contribution in [3.63, 3.8) is 0 Å². The summed E-state index contributed by atoms with van der Waals surface area (Å²) in [7, 11) is 0. The van der Waals surface area contributed by atoms with Crippen molar-refractivity contribution in [3.05, 3.63) is 0 Å². The first kappa shape index (κ1) is 16.9. The molecule has 0 saturated carbocycles. The van der Waals surface area contributed by atoms with Crippen LogP contribution in [0.3, 0.4) is 0 Å². The van der Waals surface area contributed by atoms with E-state index >= 15 is 0 Å². The molecule has 1 atom stereocenters. The zero-order valence-corrected chi connectivity index (χ0v) is 11.6. The summed E-state index contributed by atoms with van der Waals surface area (Å²) in [5.74, 6) is -2.81. The van der Waals surface area contributed by atoms with Crippen LogP contribution in [0.1, 0.15) is 52.9 Å². The van der Waals surface area contributed by atoms with E-state index in [0.29, 0.717) is 19.4 Å². The SMILES string of the molecule is CC(C)(C)OC(=O)C(CCCCCCN)C(=O)O. The number of carbonyl (C=O) groups excluding carboxylic acids is 1. The van der Waals surface area contributed by atoms with Crippen LogP contribution in [-0.2, 0) is 14.3 Å². The first-order valence-electron chi connectivity index (χ1n) is 6.43. The molecule has 3 N–H and O–H groups in total.